The number of hydrogen-bond acceptors (Lipinski definition) is 7. The number of rotatable bonds is 6. The smallest absolute Gasteiger partial charge is 0.230 e. The number of sulfone groups is 1. The van der Waals surface area contributed by atoms with E-state index in [9.17, 15) is 13.2 Å². The molecule has 1 fully saturated rings. The van der Waals surface area contributed by atoms with Crippen LogP contribution in [-0.4, -0.2) is 47.6 Å². The summed E-state index contributed by atoms with van der Waals surface area (Å²) < 4.78 is 23.1. The first kappa shape index (κ1) is 19.7. The molecule has 1 aliphatic rings. The zero-order valence-corrected chi connectivity index (χ0v) is 17.2. The Morgan fingerprint density at radius 2 is 1.83 bits per heavy atom. The lowest BCUT2D eigenvalue weighted by molar-refractivity contribution is -0.119. The summed E-state index contributed by atoms with van der Waals surface area (Å²) in [6.07, 6.45) is 0.469. The Labute approximate surface area is 173 Å². The lowest BCUT2D eigenvalue weighted by atomic mass is 10.2. The molecule has 1 atom stereocenters. The summed E-state index contributed by atoms with van der Waals surface area (Å²) in [5.74, 6) is 0.728. The van der Waals surface area contributed by atoms with E-state index >= 15 is 0 Å². The van der Waals surface area contributed by atoms with Crippen LogP contribution < -0.4 is 10.6 Å². The van der Waals surface area contributed by atoms with Gasteiger partial charge in [-0.05, 0) is 30.7 Å². The summed E-state index contributed by atoms with van der Waals surface area (Å²) in [6, 6.07) is 17.1. The molecule has 0 spiro atoms. The standard InChI is InChI=1S/C20H20N4O3S2/c25-18(21-15-10-11-29(26,27)13-15)12-28-20-23-17-9-5-4-8-16(17)19(24-20)22-14-6-2-1-3-7-14/h1-9,15H,10-13H2,(H,21,25)(H,22,23,24)/t15-/m1/s1. The summed E-state index contributed by atoms with van der Waals surface area (Å²) in [6.45, 7) is 0. The van der Waals surface area contributed by atoms with E-state index in [0.717, 1.165) is 16.6 Å². The van der Waals surface area contributed by atoms with Crippen molar-refractivity contribution in [2.24, 2.45) is 0 Å². The molecule has 1 aliphatic heterocycles. The van der Waals surface area contributed by atoms with E-state index in [2.05, 4.69) is 20.6 Å². The second-order valence-corrected chi connectivity index (χ2v) is 9.99. The van der Waals surface area contributed by atoms with Gasteiger partial charge in [-0.25, -0.2) is 18.4 Å². The average molecular weight is 429 g/mol. The van der Waals surface area contributed by atoms with Gasteiger partial charge in [-0.3, -0.25) is 4.79 Å². The Hall–Kier alpha value is -2.65. The number of carbonyl (C=O) groups is 1. The number of para-hydroxylation sites is 2. The first-order valence-corrected chi connectivity index (χ1v) is 12.0. The van der Waals surface area contributed by atoms with E-state index < -0.39 is 9.84 Å². The van der Waals surface area contributed by atoms with Gasteiger partial charge in [0.05, 0.1) is 22.8 Å². The lowest BCUT2D eigenvalue weighted by Gasteiger charge is -2.12. The van der Waals surface area contributed by atoms with Crippen molar-refractivity contribution in [1.82, 2.24) is 15.3 Å². The van der Waals surface area contributed by atoms with Gasteiger partial charge in [0.1, 0.15) is 5.82 Å². The van der Waals surface area contributed by atoms with E-state index in [-0.39, 0.29) is 29.2 Å². The van der Waals surface area contributed by atoms with E-state index in [4.69, 9.17) is 0 Å². The molecule has 0 unspecified atom stereocenters. The van der Waals surface area contributed by atoms with E-state index in [0.29, 0.717) is 17.4 Å². The second-order valence-electron chi connectivity index (χ2n) is 6.82. The molecule has 9 heteroatoms. The molecule has 4 rings (SSSR count). The van der Waals surface area contributed by atoms with Crippen LogP contribution >= 0.6 is 11.8 Å². The van der Waals surface area contributed by atoms with Gasteiger partial charge in [0.25, 0.3) is 0 Å². The fraction of sp³-hybridized carbons (Fsp3) is 0.250. The molecule has 29 heavy (non-hydrogen) atoms. The molecule has 150 valence electrons. The summed E-state index contributed by atoms with van der Waals surface area (Å²) in [5.41, 5.74) is 1.69. The molecule has 2 aromatic carbocycles. The van der Waals surface area contributed by atoms with Gasteiger partial charge in [0.15, 0.2) is 15.0 Å². The molecular weight excluding hydrogens is 408 g/mol. The fourth-order valence-electron chi connectivity index (χ4n) is 3.18. The van der Waals surface area contributed by atoms with Crippen LogP contribution in [0.4, 0.5) is 11.5 Å². The SMILES string of the molecule is O=C(CSc1nc(Nc2ccccc2)c2ccccc2n1)N[C@@H]1CCS(=O)(=O)C1. The van der Waals surface area contributed by atoms with Crippen molar-refractivity contribution in [3.8, 4) is 0 Å². The number of carbonyl (C=O) groups excluding carboxylic acids is 1. The Kier molecular flexibility index (Phi) is 5.68. The summed E-state index contributed by atoms with van der Waals surface area (Å²) in [4.78, 5) is 21.4. The number of hydrogen-bond donors (Lipinski definition) is 2. The van der Waals surface area contributed by atoms with Crippen molar-refractivity contribution in [1.29, 1.82) is 0 Å². The van der Waals surface area contributed by atoms with Crippen molar-refractivity contribution < 1.29 is 13.2 Å². The maximum absolute atomic E-state index is 12.2. The molecular formula is C20H20N4O3S2. The largest absolute Gasteiger partial charge is 0.352 e. The minimum atomic E-state index is -3.02. The predicted octanol–water partition coefficient (Wildman–Crippen LogP) is 2.77. The molecule has 2 N–H and O–H groups in total. The van der Waals surface area contributed by atoms with Gasteiger partial charge < -0.3 is 10.6 Å². The molecule has 0 radical (unpaired) electrons. The number of thioether (sulfide) groups is 1. The quantitative estimate of drug-likeness (QED) is 0.460. The molecule has 0 bridgehead atoms. The van der Waals surface area contributed by atoms with Crippen molar-refractivity contribution in [3.05, 3.63) is 54.6 Å². The summed E-state index contributed by atoms with van der Waals surface area (Å²) in [7, 11) is -3.02. The number of nitrogens with one attached hydrogen (secondary N) is 2. The number of aromatic nitrogens is 2. The molecule has 0 aliphatic carbocycles. The van der Waals surface area contributed by atoms with Crippen LogP contribution in [0.2, 0.25) is 0 Å². The van der Waals surface area contributed by atoms with Crippen molar-refractivity contribution in [2.75, 3.05) is 22.6 Å². The molecule has 7 nitrogen and oxygen atoms in total. The first-order valence-electron chi connectivity index (χ1n) is 9.20. The normalized spacial score (nSPS) is 17.9. The topological polar surface area (TPSA) is 101 Å². The van der Waals surface area contributed by atoms with Gasteiger partial charge in [0, 0.05) is 17.1 Å². The maximum Gasteiger partial charge on any atom is 0.230 e. The van der Waals surface area contributed by atoms with E-state index in [1.807, 2.05) is 54.6 Å². The fourth-order valence-corrected chi connectivity index (χ4v) is 5.52. The minimum absolute atomic E-state index is 0.0149. The number of amides is 1. The molecule has 1 aromatic heterocycles. The first-order chi connectivity index (χ1) is 14.0. The predicted molar refractivity (Wildman–Crippen MR) is 115 cm³/mol. The molecule has 1 saturated heterocycles. The lowest BCUT2D eigenvalue weighted by Crippen LogP contribution is -2.36. The van der Waals surface area contributed by atoms with Crippen LogP contribution in [0, 0.1) is 0 Å². The second kappa shape index (κ2) is 8.38. The van der Waals surface area contributed by atoms with Gasteiger partial charge in [0.2, 0.25) is 5.91 Å². The highest BCUT2D eigenvalue weighted by Gasteiger charge is 2.28. The van der Waals surface area contributed by atoms with Gasteiger partial charge in [-0.2, -0.15) is 0 Å². The summed E-state index contributed by atoms with van der Waals surface area (Å²) >= 11 is 1.23. The zero-order chi connectivity index (χ0) is 20.3. The van der Waals surface area contributed by atoms with Crippen molar-refractivity contribution >= 4 is 49.9 Å². The Balaban J connectivity index is 1.48. The minimum Gasteiger partial charge on any atom is -0.352 e. The third kappa shape index (κ3) is 5.04. The number of fused-ring (bicyclic) bond motifs is 1. The molecule has 1 amide bonds. The third-order valence-electron chi connectivity index (χ3n) is 4.55. The van der Waals surface area contributed by atoms with Crippen LogP contribution in [0.1, 0.15) is 6.42 Å². The number of benzene rings is 2. The molecule has 2 heterocycles. The van der Waals surface area contributed by atoms with Crippen molar-refractivity contribution in [2.45, 2.75) is 17.6 Å². The molecule has 3 aromatic rings. The Morgan fingerprint density at radius 3 is 2.59 bits per heavy atom. The maximum atomic E-state index is 12.2. The Bertz CT molecular complexity index is 1140. The zero-order valence-electron chi connectivity index (χ0n) is 15.5. The highest BCUT2D eigenvalue weighted by atomic mass is 32.2. The van der Waals surface area contributed by atoms with Crippen LogP contribution in [-0.2, 0) is 14.6 Å². The van der Waals surface area contributed by atoms with E-state index in [1.54, 1.807) is 0 Å². The monoisotopic (exact) mass is 428 g/mol. The van der Waals surface area contributed by atoms with Crippen LogP contribution in [0.25, 0.3) is 10.9 Å². The van der Waals surface area contributed by atoms with E-state index in [1.165, 1.54) is 11.8 Å². The number of anilines is 2. The summed E-state index contributed by atoms with van der Waals surface area (Å²) in [5, 5.41) is 7.47. The average Bonchev–Trinajstić information content (AvgIpc) is 3.05. The highest BCUT2D eigenvalue weighted by molar-refractivity contribution is 7.99. The van der Waals surface area contributed by atoms with Crippen molar-refractivity contribution in [3.63, 3.8) is 0 Å². The van der Waals surface area contributed by atoms with Crippen LogP contribution in [0.3, 0.4) is 0 Å². The van der Waals surface area contributed by atoms with Gasteiger partial charge in [-0.15, -0.1) is 0 Å². The Morgan fingerprint density at radius 1 is 1.07 bits per heavy atom. The van der Waals surface area contributed by atoms with Crippen LogP contribution in [0.15, 0.2) is 59.8 Å². The highest BCUT2D eigenvalue weighted by Crippen LogP contribution is 2.26. The van der Waals surface area contributed by atoms with Gasteiger partial charge >= 0.3 is 0 Å². The molecule has 0 saturated carbocycles. The van der Waals surface area contributed by atoms with Crippen LogP contribution in [0.5, 0.6) is 0 Å². The third-order valence-corrected chi connectivity index (χ3v) is 7.16. The number of nitrogens with zero attached hydrogens (tertiary/aromatic N) is 2. The van der Waals surface area contributed by atoms with Gasteiger partial charge in [-0.1, -0.05) is 42.1 Å².